The SMILES string of the molecule is CC(CN(C)Cc1ccc(Br)cn1)C(=O)O. The van der Waals surface area contributed by atoms with Crippen molar-refractivity contribution in [2.45, 2.75) is 13.5 Å². The summed E-state index contributed by atoms with van der Waals surface area (Å²) >= 11 is 3.32. The molecule has 0 saturated heterocycles. The molecule has 0 saturated carbocycles. The fourth-order valence-corrected chi connectivity index (χ4v) is 1.62. The highest BCUT2D eigenvalue weighted by Crippen LogP contribution is 2.09. The third-order valence-electron chi connectivity index (χ3n) is 2.23. The molecule has 88 valence electrons. The zero-order valence-corrected chi connectivity index (χ0v) is 10.9. The maximum Gasteiger partial charge on any atom is 0.307 e. The van der Waals surface area contributed by atoms with E-state index in [1.807, 2.05) is 24.1 Å². The molecule has 0 bridgehead atoms. The summed E-state index contributed by atoms with van der Waals surface area (Å²) in [7, 11) is 1.89. The molecule has 0 aliphatic rings. The van der Waals surface area contributed by atoms with E-state index in [0.717, 1.165) is 10.2 Å². The van der Waals surface area contributed by atoms with Crippen molar-refractivity contribution in [3.63, 3.8) is 0 Å². The standard InChI is InChI=1S/C11H15BrN2O2/c1-8(11(15)16)6-14(2)7-10-4-3-9(12)5-13-10/h3-5,8H,6-7H2,1-2H3,(H,15,16). The number of carboxylic acids is 1. The van der Waals surface area contributed by atoms with Gasteiger partial charge in [-0.25, -0.2) is 0 Å². The number of pyridine rings is 1. The first-order valence-corrected chi connectivity index (χ1v) is 5.80. The van der Waals surface area contributed by atoms with Crippen LogP contribution in [-0.4, -0.2) is 34.6 Å². The van der Waals surface area contributed by atoms with Gasteiger partial charge in [0.15, 0.2) is 0 Å². The molecular formula is C11H15BrN2O2. The molecule has 0 fully saturated rings. The van der Waals surface area contributed by atoms with Gasteiger partial charge in [-0.3, -0.25) is 14.7 Å². The Labute approximate surface area is 103 Å². The van der Waals surface area contributed by atoms with Gasteiger partial charge in [0.25, 0.3) is 0 Å². The van der Waals surface area contributed by atoms with Crippen molar-refractivity contribution in [1.29, 1.82) is 0 Å². The third-order valence-corrected chi connectivity index (χ3v) is 2.70. The predicted octanol–water partition coefficient (Wildman–Crippen LogP) is 2.00. The van der Waals surface area contributed by atoms with Crippen LogP contribution in [0.25, 0.3) is 0 Å². The molecule has 0 amide bonds. The first-order valence-electron chi connectivity index (χ1n) is 5.01. The molecule has 0 aromatic carbocycles. The van der Waals surface area contributed by atoms with E-state index in [2.05, 4.69) is 20.9 Å². The highest BCUT2D eigenvalue weighted by Gasteiger charge is 2.13. The lowest BCUT2D eigenvalue weighted by Crippen LogP contribution is -2.28. The summed E-state index contributed by atoms with van der Waals surface area (Å²) in [5.41, 5.74) is 0.934. The van der Waals surface area contributed by atoms with Gasteiger partial charge in [-0.1, -0.05) is 6.92 Å². The fraction of sp³-hybridized carbons (Fsp3) is 0.455. The maximum absolute atomic E-state index is 10.7. The highest BCUT2D eigenvalue weighted by molar-refractivity contribution is 9.10. The van der Waals surface area contributed by atoms with Crippen LogP contribution in [-0.2, 0) is 11.3 Å². The zero-order valence-electron chi connectivity index (χ0n) is 9.35. The van der Waals surface area contributed by atoms with E-state index < -0.39 is 5.97 Å². The minimum Gasteiger partial charge on any atom is -0.481 e. The van der Waals surface area contributed by atoms with Crippen molar-refractivity contribution in [3.8, 4) is 0 Å². The van der Waals surface area contributed by atoms with Crippen molar-refractivity contribution in [1.82, 2.24) is 9.88 Å². The largest absolute Gasteiger partial charge is 0.481 e. The number of halogens is 1. The molecule has 4 nitrogen and oxygen atoms in total. The maximum atomic E-state index is 10.7. The van der Waals surface area contributed by atoms with Crippen molar-refractivity contribution < 1.29 is 9.90 Å². The summed E-state index contributed by atoms with van der Waals surface area (Å²) in [4.78, 5) is 16.9. The van der Waals surface area contributed by atoms with Gasteiger partial charge >= 0.3 is 5.97 Å². The Morgan fingerprint density at radius 3 is 2.81 bits per heavy atom. The normalized spacial score (nSPS) is 12.8. The van der Waals surface area contributed by atoms with Gasteiger partial charge in [0, 0.05) is 23.8 Å². The van der Waals surface area contributed by atoms with E-state index in [0.29, 0.717) is 13.1 Å². The molecule has 1 aromatic rings. The van der Waals surface area contributed by atoms with Crippen molar-refractivity contribution in [3.05, 3.63) is 28.5 Å². The van der Waals surface area contributed by atoms with E-state index in [4.69, 9.17) is 5.11 Å². The predicted molar refractivity (Wildman–Crippen MR) is 65.1 cm³/mol. The van der Waals surface area contributed by atoms with Gasteiger partial charge in [-0.2, -0.15) is 0 Å². The smallest absolute Gasteiger partial charge is 0.307 e. The molecule has 1 atom stereocenters. The molecule has 0 aliphatic heterocycles. The Morgan fingerprint density at radius 1 is 1.62 bits per heavy atom. The van der Waals surface area contributed by atoms with E-state index in [-0.39, 0.29) is 5.92 Å². The van der Waals surface area contributed by atoms with Gasteiger partial charge in [-0.05, 0) is 35.1 Å². The topological polar surface area (TPSA) is 53.4 Å². The summed E-state index contributed by atoms with van der Waals surface area (Å²) in [6.45, 7) is 2.88. The van der Waals surface area contributed by atoms with Crippen LogP contribution in [0, 0.1) is 5.92 Å². The van der Waals surface area contributed by atoms with Crippen LogP contribution in [0.1, 0.15) is 12.6 Å². The average Bonchev–Trinajstić information content (AvgIpc) is 2.21. The van der Waals surface area contributed by atoms with Gasteiger partial charge in [0.2, 0.25) is 0 Å². The minimum atomic E-state index is -0.768. The number of hydrogen-bond donors (Lipinski definition) is 1. The van der Waals surface area contributed by atoms with Gasteiger partial charge < -0.3 is 5.11 Å². The molecule has 1 unspecified atom stereocenters. The zero-order chi connectivity index (χ0) is 12.1. The second-order valence-electron chi connectivity index (χ2n) is 3.90. The molecule has 1 aromatic heterocycles. The van der Waals surface area contributed by atoms with Crippen molar-refractivity contribution >= 4 is 21.9 Å². The first-order chi connectivity index (χ1) is 7.49. The monoisotopic (exact) mass is 286 g/mol. The molecule has 1 rings (SSSR count). The Bertz CT molecular complexity index is 354. The van der Waals surface area contributed by atoms with Crippen LogP contribution >= 0.6 is 15.9 Å². The van der Waals surface area contributed by atoms with Crippen LogP contribution in [0.5, 0.6) is 0 Å². The Morgan fingerprint density at radius 2 is 2.31 bits per heavy atom. The van der Waals surface area contributed by atoms with Crippen LogP contribution in [0.15, 0.2) is 22.8 Å². The number of aliphatic carboxylic acids is 1. The summed E-state index contributed by atoms with van der Waals surface area (Å²) in [6.07, 6.45) is 1.74. The second kappa shape index (κ2) is 5.96. The van der Waals surface area contributed by atoms with Gasteiger partial charge in [0.05, 0.1) is 11.6 Å². The number of carboxylic acid groups (broad SMARTS) is 1. The summed E-state index contributed by atoms with van der Waals surface area (Å²) in [6, 6.07) is 3.85. The first kappa shape index (κ1) is 13.1. The molecule has 1 N–H and O–H groups in total. The Balaban J connectivity index is 2.48. The second-order valence-corrected chi connectivity index (χ2v) is 4.82. The number of rotatable bonds is 5. The minimum absolute atomic E-state index is 0.361. The van der Waals surface area contributed by atoms with E-state index in [9.17, 15) is 4.79 Å². The van der Waals surface area contributed by atoms with Gasteiger partial charge in [0.1, 0.15) is 0 Å². The van der Waals surface area contributed by atoms with Crippen molar-refractivity contribution in [2.24, 2.45) is 5.92 Å². The van der Waals surface area contributed by atoms with Crippen LogP contribution in [0.3, 0.4) is 0 Å². The van der Waals surface area contributed by atoms with E-state index >= 15 is 0 Å². The van der Waals surface area contributed by atoms with Crippen molar-refractivity contribution in [2.75, 3.05) is 13.6 Å². The summed E-state index contributed by atoms with van der Waals surface area (Å²) < 4.78 is 0.942. The lowest BCUT2D eigenvalue weighted by molar-refractivity contribution is -0.141. The van der Waals surface area contributed by atoms with Gasteiger partial charge in [-0.15, -0.1) is 0 Å². The molecule has 0 radical (unpaired) electrons. The van der Waals surface area contributed by atoms with E-state index in [1.165, 1.54) is 0 Å². The van der Waals surface area contributed by atoms with Crippen LogP contribution in [0.2, 0.25) is 0 Å². The number of nitrogens with zero attached hydrogens (tertiary/aromatic N) is 2. The molecule has 5 heteroatoms. The lowest BCUT2D eigenvalue weighted by atomic mass is 10.2. The quantitative estimate of drug-likeness (QED) is 0.900. The fourth-order valence-electron chi connectivity index (χ4n) is 1.39. The van der Waals surface area contributed by atoms with Crippen LogP contribution in [0.4, 0.5) is 0 Å². The number of carbonyl (C=O) groups is 1. The molecule has 1 heterocycles. The van der Waals surface area contributed by atoms with Crippen LogP contribution < -0.4 is 0 Å². The molecule has 16 heavy (non-hydrogen) atoms. The lowest BCUT2D eigenvalue weighted by Gasteiger charge is -2.18. The molecular weight excluding hydrogens is 272 g/mol. The third kappa shape index (κ3) is 4.28. The Hall–Kier alpha value is -0.940. The number of hydrogen-bond acceptors (Lipinski definition) is 3. The average molecular weight is 287 g/mol. The molecule has 0 aliphatic carbocycles. The Kier molecular flexibility index (Phi) is 4.89. The highest BCUT2D eigenvalue weighted by atomic mass is 79.9. The summed E-state index contributed by atoms with van der Waals surface area (Å²) in [5.74, 6) is -1.13. The molecule has 0 spiro atoms. The summed E-state index contributed by atoms with van der Waals surface area (Å²) in [5, 5.41) is 8.78. The van der Waals surface area contributed by atoms with E-state index in [1.54, 1.807) is 13.1 Å². The number of aromatic nitrogens is 1.